The highest BCUT2D eigenvalue weighted by atomic mass is 32.2. The summed E-state index contributed by atoms with van der Waals surface area (Å²) < 4.78 is 28.6. The SMILES string of the molecule is CNc1cc(C)c(S(=O)(=O)NC2(C)CCCCC2)c(C)c1. The summed E-state index contributed by atoms with van der Waals surface area (Å²) in [6.07, 6.45) is 5.22. The van der Waals surface area contributed by atoms with Crippen molar-refractivity contribution in [3.63, 3.8) is 0 Å². The monoisotopic (exact) mass is 310 g/mol. The number of rotatable bonds is 4. The topological polar surface area (TPSA) is 58.2 Å². The van der Waals surface area contributed by atoms with E-state index in [1.165, 1.54) is 6.42 Å². The summed E-state index contributed by atoms with van der Waals surface area (Å²) >= 11 is 0. The van der Waals surface area contributed by atoms with Gasteiger partial charge in [-0.2, -0.15) is 0 Å². The highest BCUT2D eigenvalue weighted by Gasteiger charge is 2.33. The van der Waals surface area contributed by atoms with Crippen LogP contribution in [0, 0.1) is 13.8 Å². The molecule has 0 atom stereocenters. The number of aryl methyl sites for hydroxylation is 2. The fraction of sp³-hybridized carbons (Fsp3) is 0.625. The molecular weight excluding hydrogens is 284 g/mol. The average Bonchev–Trinajstić information content (AvgIpc) is 2.36. The molecule has 0 amide bonds. The van der Waals surface area contributed by atoms with Crippen LogP contribution < -0.4 is 10.0 Å². The summed E-state index contributed by atoms with van der Waals surface area (Å²) in [5.74, 6) is 0. The summed E-state index contributed by atoms with van der Waals surface area (Å²) in [7, 11) is -1.65. The Morgan fingerprint density at radius 2 is 1.57 bits per heavy atom. The number of benzene rings is 1. The number of hydrogen-bond donors (Lipinski definition) is 2. The quantitative estimate of drug-likeness (QED) is 0.896. The highest BCUT2D eigenvalue weighted by molar-refractivity contribution is 7.89. The number of sulfonamides is 1. The van der Waals surface area contributed by atoms with E-state index < -0.39 is 10.0 Å². The van der Waals surface area contributed by atoms with Crippen LogP contribution in [0.4, 0.5) is 5.69 Å². The molecule has 4 nitrogen and oxygen atoms in total. The van der Waals surface area contributed by atoms with Crippen LogP contribution >= 0.6 is 0 Å². The summed E-state index contributed by atoms with van der Waals surface area (Å²) in [4.78, 5) is 0.424. The Morgan fingerprint density at radius 1 is 1.05 bits per heavy atom. The Labute approximate surface area is 128 Å². The second-order valence-electron chi connectivity index (χ2n) is 6.42. The minimum Gasteiger partial charge on any atom is -0.388 e. The van der Waals surface area contributed by atoms with Gasteiger partial charge < -0.3 is 5.32 Å². The van der Waals surface area contributed by atoms with Crippen molar-refractivity contribution in [2.75, 3.05) is 12.4 Å². The smallest absolute Gasteiger partial charge is 0.241 e. The second kappa shape index (κ2) is 5.97. The molecule has 0 heterocycles. The standard InChI is InChI=1S/C16H26N2O2S/c1-12-10-14(17-4)11-13(2)15(12)21(19,20)18-16(3)8-6-5-7-9-16/h10-11,17-18H,5-9H2,1-4H3. The summed E-state index contributed by atoms with van der Waals surface area (Å²) in [5, 5.41) is 3.06. The zero-order chi connectivity index (χ0) is 15.7. The predicted octanol–water partition coefficient (Wildman–Crippen LogP) is 3.35. The van der Waals surface area contributed by atoms with Gasteiger partial charge in [0.15, 0.2) is 0 Å². The van der Waals surface area contributed by atoms with Crippen molar-refractivity contribution in [3.8, 4) is 0 Å². The van der Waals surface area contributed by atoms with Crippen molar-refractivity contribution in [1.82, 2.24) is 4.72 Å². The van der Waals surface area contributed by atoms with Crippen LogP contribution in [0.15, 0.2) is 17.0 Å². The van der Waals surface area contributed by atoms with Gasteiger partial charge in [0, 0.05) is 18.3 Å². The molecule has 1 aromatic carbocycles. The van der Waals surface area contributed by atoms with Crippen LogP contribution in [-0.4, -0.2) is 21.0 Å². The van der Waals surface area contributed by atoms with Gasteiger partial charge in [-0.15, -0.1) is 0 Å². The average molecular weight is 310 g/mol. The maximum atomic E-state index is 12.8. The zero-order valence-electron chi connectivity index (χ0n) is 13.4. The van der Waals surface area contributed by atoms with E-state index in [1.807, 2.05) is 40.0 Å². The summed E-state index contributed by atoms with van der Waals surface area (Å²) in [6, 6.07) is 3.76. The van der Waals surface area contributed by atoms with Crippen molar-refractivity contribution in [3.05, 3.63) is 23.3 Å². The Hall–Kier alpha value is -1.07. The van der Waals surface area contributed by atoms with Crippen molar-refractivity contribution >= 4 is 15.7 Å². The van der Waals surface area contributed by atoms with Crippen molar-refractivity contribution in [1.29, 1.82) is 0 Å². The van der Waals surface area contributed by atoms with Crippen LogP contribution in [0.1, 0.15) is 50.2 Å². The molecule has 1 aliphatic rings. The first-order valence-corrected chi connectivity index (χ1v) is 9.09. The maximum absolute atomic E-state index is 12.8. The first-order chi connectivity index (χ1) is 9.77. The predicted molar refractivity (Wildman–Crippen MR) is 87.3 cm³/mol. The van der Waals surface area contributed by atoms with Gasteiger partial charge in [0.25, 0.3) is 0 Å². The van der Waals surface area contributed by atoms with Crippen LogP contribution in [-0.2, 0) is 10.0 Å². The number of hydrogen-bond acceptors (Lipinski definition) is 3. The van der Waals surface area contributed by atoms with Gasteiger partial charge in [0.1, 0.15) is 0 Å². The van der Waals surface area contributed by atoms with E-state index >= 15 is 0 Å². The fourth-order valence-electron chi connectivity index (χ4n) is 3.33. The Kier molecular flexibility index (Phi) is 4.63. The van der Waals surface area contributed by atoms with Gasteiger partial charge in [0.05, 0.1) is 4.90 Å². The largest absolute Gasteiger partial charge is 0.388 e. The first kappa shape index (κ1) is 16.3. The van der Waals surface area contributed by atoms with Crippen molar-refractivity contribution in [2.45, 2.75) is 63.3 Å². The normalized spacial score (nSPS) is 18.5. The molecule has 0 unspecified atom stereocenters. The van der Waals surface area contributed by atoms with E-state index in [1.54, 1.807) is 0 Å². The van der Waals surface area contributed by atoms with Gasteiger partial charge in [-0.3, -0.25) is 0 Å². The van der Waals surface area contributed by atoms with Gasteiger partial charge in [-0.05, 0) is 56.9 Å². The second-order valence-corrected chi connectivity index (χ2v) is 8.04. The third-order valence-electron chi connectivity index (χ3n) is 4.36. The molecule has 1 aliphatic carbocycles. The lowest BCUT2D eigenvalue weighted by Gasteiger charge is -2.34. The lowest BCUT2D eigenvalue weighted by molar-refractivity contribution is 0.294. The molecule has 1 saturated carbocycles. The van der Waals surface area contributed by atoms with Crippen molar-refractivity contribution < 1.29 is 8.42 Å². The van der Waals surface area contributed by atoms with E-state index in [9.17, 15) is 8.42 Å². The molecule has 21 heavy (non-hydrogen) atoms. The lowest BCUT2D eigenvalue weighted by atomic mass is 9.84. The van der Waals surface area contributed by atoms with E-state index in [-0.39, 0.29) is 5.54 Å². The Balaban J connectivity index is 2.36. The molecule has 0 saturated heterocycles. The molecule has 0 aromatic heterocycles. The van der Waals surface area contributed by atoms with Crippen LogP contribution in [0.2, 0.25) is 0 Å². The molecule has 1 aromatic rings. The first-order valence-electron chi connectivity index (χ1n) is 7.60. The minimum atomic E-state index is -3.48. The van der Waals surface area contributed by atoms with Crippen LogP contribution in [0.25, 0.3) is 0 Å². The van der Waals surface area contributed by atoms with Crippen LogP contribution in [0.5, 0.6) is 0 Å². The fourth-order valence-corrected chi connectivity index (χ4v) is 5.25. The molecular formula is C16H26N2O2S. The lowest BCUT2D eigenvalue weighted by Crippen LogP contribution is -2.47. The molecule has 5 heteroatoms. The summed E-state index contributed by atoms with van der Waals surface area (Å²) in [5.41, 5.74) is 2.20. The molecule has 0 aliphatic heterocycles. The molecule has 118 valence electrons. The van der Waals surface area contributed by atoms with E-state index in [0.29, 0.717) is 4.90 Å². The van der Waals surface area contributed by atoms with Crippen molar-refractivity contribution in [2.24, 2.45) is 0 Å². The minimum absolute atomic E-state index is 0.308. The van der Waals surface area contributed by atoms with Gasteiger partial charge in [-0.1, -0.05) is 19.3 Å². The zero-order valence-corrected chi connectivity index (χ0v) is 14.2. The Bertz CT molecular complexity index is 594. The van der Waals surface area contributed by atoms with Gasteiger partial charge in [-0.25, -0.2) is 13.1 Å². The number of anilines is 1. The molecule has 1 fully saturated rings. The third kappa shape index (κ3) is 3.58. The number of nitrogens with one attached hydrogen (secondary N) is 2. The molecule has 0 bridgehead atoms. The van der Waals surface area contributed by atoms with E-state index in [0.717, 1.165) is 42.5 Å². The third-order valence-corrected chi connectivity index (χ3v) is 6.30. The van der Waals surface area contributed by atoms with Gasteiger partial charge >= 0.3 is 0 Å². The van der Waals surface area contributed by atoms with E-state index in [2.05, 4.69) is 10.0 Å². The maximum Gasteiger partial charge on any atom is 0.241 e. The molecule has 0 radical (unpaired) electrons. The molecule has 2 N–H and O–H groups in total. The Morgan fingerprint density at radius 3 is 2.05 bits per heavy atom. The van der Waals surface area contributed by atoms with Crippen LogP contribution in [0.3, 0.4) is 0 Å². The molecule has 0 spiro atoms. The summed E-state index contributed by atoms with van der Waals surface area (Å²) in [6.45, 7) is 5.73. The van der Waals surface area contributed by atoms with E-state index in [4.69, 9.17) is 0 Å². The van der Waals surface area contributed by atoms with Gasteiger partial charge in [0.2, 0.25) is 10.0 Å². The highest BCUT2D eigenvalue weighted by Crippen LogP contribution is 2.31. The molecule has 2 rings (SSSR count).